The van der Waals surface area contributed by atoms with Crippen LogP contribution < -0.4 is 0 Å². The van der Waals surface area contributed by atoms with Crippen LogP contribution in [0.25, 0.3) is 0 Å². The van der Waals surface area contributed by atoms with E-state index in [2.05, 4.69) is 13.5 Å². The number of carbonyl (C=O) groups is 4. The molecule has 0 aromatic carbocycles. The van der Waals surface area contributed by atoms with Crippen LogP contribution in [0.15, 0.2) is 36.0 Å². The van der Waals surface area contributed by atoms with Gasteiger partial charge in [0, 0.05) is 56.9 Å². The van der Waals surface area contributed by atoms with E-state index < -0.39 is 102 Å². The first-order valence-electron chi connectivity index (χ1n) is 20.8. The minimum absolute atomic E-state index is 0.0326. The predicted octanol–water partition coefficient (Wildman–Crippen LogP) is 4.55. The molecule has 328 valence electrons. The van der Waals surface area contributed by atoms with Gasteiger partial charge >= 0.3 is 23.9 Å². The Morgan fingerprint density at radius 1 is 0.966 bits per heavy atom. The second kappa shape index (κ2) is 20.9. The smallest absolute Gasteiger partial charge is 0.330 e. The van der Waals surface area contributed by atoms with Gasteiger partial charge in [0.15, 0.2) is 11.9 Å². The van der Waals surface area contributed by atoms with Gasteiger partial charge in [0.25, 0.3) is 0 Å². The van der Waals surface area contributed by atoms with Crippen molar-refractivity contribution < 1.29 is 72.8 Å². The molecule has 4 rings (SSSR count). The van der Waals surface area contributed by atoms with Gasteiger partial charge in [-0.2, -0.15) is 0 Å². The first-order valence-corrected chi connectivity index (χ1v) is 20.8. The van der Waals surface area contributed by atoms with Crippen LogP contribution in [-0.2, 0) is 52.3 Å². The average Bonchev–Trinajstić information content (AvgIpc) is 3.10. The molecule has 4 aliphatic heterocycles. The fraction of sp³-hybridized carbons (Fsp3) is 0.767. The van der Waals surface area contributed by atoms with Crippen LogP contribution >= 0.6 is 0 Å². The summed E-state index contributed by atoms with van der Waals surface area (Å²) >= 11 is 0. The number of hydrogen-bond acceptors (Lipinski definition) is 15. The van der Waals surface area contributed by atoms with Gasteiger partial charge in [-0.05, 0) is 38.2 Å². The van der Waals surface area contributed by atoms with Crippen LogP contribution in [0.2, 0.25) is 0 Å². The minimum atomic E-state index is -2.33. The standard InChI is InChI=1S/C43H66O15/c1-8-9-10-11-12-13-37(47)56-40-29(19-38(48)52-7)18-32-23-36(27(3)44)55-39(49)21-30(46)20-33-22-35(53-28(4)45)25-42(50,57-33)24-34-17-26(2)16-31(54-34)14-15-41(5,6)43(40,51)58-32/h14-15,19,27,30-36,40,44,46,50-51H,2,8-13,16-18,20-25H2,1,3-7H3/b15-14-,29-19+/t27-,30-,31+,32+,33-,34+,35+,36-,40+,42+,43-/m1/s1. The molecule has 58 heavy (non-hydrogen) atoms. The van der Waals surface area contributed by atoms with Crippen LogP contribution in [0.1, 0.15) is 131 Å². The Kier molecular flexibility index (Phi) is 17.1. The topological polar surface area (TPSA) is 214 Å². The first kappa shape index (κ1) is 47.5. The summed E-state index contributed by atoms with van der Waals surface area (Å²) in [7, 11) is 1.20. The van der Waals surface area contributed by atoms with Gasteiger partial charge < -0.3 is 53.6 Å². The molecule has 3 fully saturated rings. The van der Waals surface area contributed by atoms with Crippen molar-refractivity contribution >= 4 is 23.9 Å². The lowest BCUT2D eigenvalue weighted by Crippen LogP contribution is -2.62. The SMILES string of the molecule is C=C1C[C@H]2C[C@@]3(O)C[C@@H](OC(C)=O)C[C@@H](C[C@@H](O)CC(=O)O[C@@H]([C@@H](C)O)C[C@@H]4C/C(=C\C(=O)OC)[C@H](OC(=O)CCCCCCC)[C@@](O)(O4)C(C)(C)/C=C\[C@@H](C1)O2)O3. The molecular weight excluding hydrogens is 756 g/mol. The predicted molar refractivity (Wildman–Crippen MR) is 208 cm³/mol. The van der Waals surface area contributed by atoms with E-state index in [0.29, 0.717) is 19.3 Å². The highest BCUT2D eigenvalue weighted by Crippen LogP contribution is 2.47. The van der Waals surface area contributed by atoms with E-state index in [1.807, 2.05) is 0 Å². The number of carbonyl (C=O) groups excluding carboxylic acids is 4. The third kappa shape index (κ3) is 13.4. The van der Waals surface area contributed by atoms with E-state index in [1.54, 1.807) is 26.0 Å². The quantitative estimate of drug-likeness (QED) is 0.0783. The van der Waals surface area contributed by atoms with E-state index >= 15 is 0 Å². The van der Waals surface area contributed by atoms with Crippen LogP contribution in [0.5, 0.6) is 0 Å². The molecule has 0 amide bonds. The molecule has 0 saturated carbocycles. The van der Waals surface area contributed by atoms with Gasteiger partial charge in [0.2, 0.25) is 5.79 Å². The third-order valence-corrected chi connectivity index (χ3v) is 11.4. The van der Waals surface area contributed by atoms with Crippen LogP contribution in [0, 0.1) is 5.41 Å². The van der Waals surface area contributed by atoms with Gasteiger partial charge in [0.1, 0.15) is 12.2 Å². The second-order valence-electron chi connectivity index (χ2n) is 17.1. The Bertz CT molecular complexity index is 1500. The average molecular weight is 823 g/mol. The maximum Gasteiger partial charge on any atom is 0.330 e. The fourth-order valence-corrected chi connectivity index (χ4v) is 8.39. The molecule has 0 unspecified atom stereocenters. The lowest BCUT2D eigenvalue weighted by Gasteiger charge is -2.51. The summed E-state index contributed by atoms with van der Waals surface area (Å²) in [6.45, 7) is 12.3. The molecule has 6 bridgehead atoms. The molecule has 11 atom stereocenters. The summed E-state index contributed by atoms with van der Waals surface area (Å²) in [4.78, 5) is 51.4. The number of rotatable bonds is 10. The maximum absolute atomic E-state index is 13.4. The van der Waals surface area contributed by atoms with Gasteiger partial charge in [-0.25, -0.2) is 4.79 Å². The Morgan fingerprint density at radius 3 is 2.36 bits per heavy atom. The largest absolute Gasteiger partial charge is 0.466 e. The molecule has 0 aromatic rings. The van der Waals surface area contributed by atoms with Crippen molar-refractivity contribution in [2.24, 2.45) is 5.41 Å². The van der Waals surface area contributed by atoms with Crippen LogP contribution in [0.3, 0.4) is 0 Å². The molecule has 15 heteroatoms. The lowest BCUT2D eigenvalue weighted by atomic mass is 9.74. The highest BCUT2D eigenvalue weighted by atomic mass is 16.7. The van der Waals surface area contributed by atoms with Gasteiger partial charge in [-0.15, -0.1) is 0 Å². The number of unbranched alkanes of at least 4 members (excludes halogenated alkanes) is 4. The second-order valence-corrected chi connectivity index (χ2v) is 17.1. The minimum Gasteiger partial charge on any atom is -0.466 e. The summed E-state index contributed by atoms with van der Waals surface area (Å²) in [6.07, 6.45) is 0.251. The zero-order chi connectivity index (χ0) is 42.8. The van der Waals surface area contributed by atoms with Crippen molar-refractivity contribution in [2.45, 2.75) is 197 Å². The normalized spacial score (nSPS) is 36.5. The van der Waals surface area contributed by atoms with Gasteiger partial charge in [0.05, 0.1) is 50.2 Å². The van der Waals surface area contributed by atoms with Crippen LogP contribution in [-0.4, -0.2) is 118 Å². The van der Waals surface area contributed by atoms with E-state index in [0.717, 1.165) is 37.3 Å². The number of aliphatic hydroxyl groups excluding tert-OH is 2. The van der Waals surface area contributed by atoms with Crippen molar-refractivity contribution in [1.82, 2.24) is 0 Å². The molecule has 15 nitrogen and oxygen atoms in total. The van der Waals surface area contributed by atoms with E-state index in [9.17, 15) is 39.6 Å². The lowest BCUT2D eigenvalue weighted by molar-refractivity contribution is -0.327. The number of hydrogen-bond donors (Lipinski definition) is 4. The molecule has 3 saturated heterocycles. The summed E-state index contributed by atoms with van der Waals surface area (Å²) in [5.74, 6) is -6.89. The number of aliphatic hydroxyl groups is 4. The number of fused-ring (bicyclic) bond motifs is 6. The Balaban J connectivity index is 1.76. The van der Waals surface area contributed by atoms with Crippen molar-refractivity contribution in [3.05, 3.63) is 36.0 Å². The van der Waals surface area contributed by atoms with Gasteiger partial charge in [-0.1, -0.05) is 70.8 Å². The fourth-order valence-electron chi connectivity index (χ4n) is 8.39. The maximum atomic E-state index is 13.4. The molecule has 0 aliphatic carbocycles. The highest BCUT2D eigenvalue weighted by molar-refractivity contribution is 5.83. The van der Waals surface area contributed by atoms with E-state index in [4.69, 9.17) is 33.2 Å². The summed E-state index contributed by atoms with van der Waals surface area (Å²) in [5, 5.41) is 46.5. The number of cyclic esters (lactones) is 1. The third-order valence-electron chi connectivity index (χ3n) is 11.4. The Morgan fingerprint density at radius 2 is 1.69 bits per heavy atom. The first-order chi connectivity index (χ1) is 27.2. The highest BCUT2D eigenvalue weighted by Gasteiger charge is 2.58. The molecule has 4 aliphatic rings. The monoisotopic (exact) mass is 822 g/mol. The summed E-state index contributed by atoms with van der Waals surface area (Å²) in [6, 6.07) is 0. The Labute approximate surface area is 342 Å². The van der Waals surface area contributed by atoms with Crippen molar-refractivity contribution in [1.29, 1.82) is 0 Å². The molecule has 4 heterocycles. The van der Waals surface area contributed by atoms with Crippen molar-refractivity contribution in [3.8, 4) is 0 Å². The number of esters is 4. The van der Waals surface area contributed by atoms with Crippen LogP contribution in [0.4, 0.5) is 0 Å². The summed E-state index contributed by atoms with van der Waals surface area (Å²) < 4.78 is 41.2. The van der Waals surface area contributed by atoms with Crippen molar-refractivity contribution in [2.75, 3.05) is 7.11 Å². The zero-order valence-corrected chi connectivity index (χ0v) is 35.0. The molecule has 0 aromatic heterocycles. The molecular formula is C43H66O15. The molecule has 0 spiro atoms. The van der Waals surface area contributed by atoms with E-state index in [-0.39, 0.29) is 50.5 Å². The molecule has 4 N–H and O–H groups in total. The number of methoxy groups -OCH3 is 1. The van der Waals surface area contributed by atoms with E-state index in [1.165, 1.54) is 21.0 Å². The number of ether oxygens (including phenoxy) is 7. The Hall–Kier alpha value is -3.18. The van der Waals surface area contributed by atoms with Gasteiger partial charge in [-0.3, -0.25) is 14.4 Å². The summed E-state index contributed by atoms with van der Waals surface area (Å²) in [5.41, 5.74) is -0.339. The van der Waals surface area contributed by atoms with Crippen molar-refractivity contribution in [3.63, 3.8) is 0 Å². The zero-order valence-electron chi connectivity index (χ0n) is 35.0. The molecule has 0 radical (unpaired) electrons.